The van der Waals surface area contributed by atoms with Crippen molar-refractivity contribution in [3.63, 3.8) is 0 Å². The Balaban J connectivity index is 0. The molecule has 0 spiro atoms. The fourth-order valence-corrected chi connectivity index (χ4v) is 0.214. The first-order chi connectivity index (χ1) is 4.50. The summed E-state index contributed by atoms with van der Waals surface area (Å²) in [6, 6.07) is 0. The van der Waals surface area contributed by atoms with E-state index in [1.807, 2.05) is 0 Å². The van der Waals surface area contributed by atoms with Crippen molar-refractivity contribution in [2.24, 2.45) is 5.50 Å². The fraction of sp³-hybridized carbons (Fsp3) is 0. The van der Waals surface area contributed by atoms with E-state index < -0.39 is 16.8 Å². The highest BCUT2D eigenvalue weighted by atomic mass is 31.2. The predicted molar refractivity (Wildman–Crippen MR) is 38.0 cm³/mol. The van der Waals surface area contributed by atoms with Crippen molar-refractivity contribution in [1.29, 1.82) is 0 Å². The second-order valence-electron chi connectivity index (χ2n) is 0.871. The zero-order chi connectivity index (χ0) is 8.57. The summed E-state index contributed by atoms with van der Waals surface area (Å²) in [7, 11) is -4.87. The van der Waals surface area contributed by atoms with Crippen LogP contribution in [0.1, 0.15) is 0 Å². The van der Waals surface area contributed by atoms with Crippen LogP contribution in [0.4, 0.5) is 0 Å². The topological polar surface area (TPSA) is 113 Å². The van der Waals surface area contributed by atoms with Crippen molar-refractivity contribution in [3.05, 3.63) is 12.8 Å². The molecule has 10 heavy (non-hydrogen) atoms. The third-order valence-corrected chi connectivity index (χ3v) is 0.552. The third-order valence-electron chi connectivity index (χ3n) is 0.184. The van der Waals surface area contributed by atoms with Gasteiger partial charge >= 0.3 is 8.25 Å². The van der Waals surface area contributed by atoms with E-state index in [2.05, 4.69) is 16.6 Å². The molecule has 0 amide bonds. The number of hydrogen-bond acceptors (Lipinski definition) is 5. The van der Waals surface area contributed by atoms with Crippen LogP contribution in [0.15, 0.2) is 12.8 Å². The van der Waals surface area contributed by atoms with Crippen LogP contribution in [0, 0.1) is 0 Å². The van der Waals surface area contributed by atoms with Crippen LogP contribution in [-0.4, -0.2) is 14.7 Å². The minimum absolute atomic E-state index is 0.932. The quantitative estimate of drug-likeness (QED) is 0.350. The highest BCUT2D eigenvalue weighted by Crippen LogP contribution is 2.12. The van der Waals surface area contributed by atoms with Gasteiger partial charge in [0.25, 0.3) is 0 Å². The van der Waals surface area contributed by atoms with Gasteiger partial charge in [-0.05, 0) is 0 Å². The molecule has 0 bridgehead atoms. The molecule has 8 heteroatoms. The lowest BCUT2D eigenvalue weighted by molar-refractivity contribution is 0.379. The molecule has 0 fully saturated rings. The summed E-state index contributed by atoms with van der Waals surface area (Å²) >= 11 is 0. The van der Waals surface area contributed by atoms with E-state index in [-0.39, 0.29) is 0 Å². The van der Waals surface area contributed by atoms with E-state index in [1.54, 1.807) is 0 Å². The molecule has 0 radical (unpaired) electrons. The lowest BCUT2D eigenvalue weighted by atomic mass is 11.2. The van der Waals surface area contributed by atoms with Crippen molar-refractivity contribution < 1.29 is 23.8 Å². The molecule has 62 valence electrons. The van der Waals surface area contributed by atoms with Crippen molar-refractivity contribution in [2.45, 2.75) is 0 Å². The van der Waals surface area contributed by atoms with Gasteiger partial charge in [0.05, 0.1) is 6.26 Å². The largest absolute Gasteiger partial charge is 0.435 e. The summed E-state index contributed by atoms with van der Waals surface area (Å²) in [5.74, 6) is 0. The van der Waals surface area contributed by atoms with Crippen molar-refractivity contribution in [2.75, 3.05) is 0 Å². The fourth-order valence-electron chi connectivity index (χ4n) is 0.0713. The van der Waals surface area contributed by atoms with Crippen LogP contribution >= 0.6 is 16.8 Å². The van der Waals surface area contributed by atoms with Crippen LogP contribution < -0.4 is 5.50 Å². The molecule has 0 saturated heterocycles. The first-order valence-electron chi connectivity index (χ1n) is 1.93. The van der Waals surface area contributed by atoms with E-state index >= 15 is 0 Å². The molecule has 0 heterocycles. The first kappa shape index (κ1) is 12.7. The highest BCUT2D eigenvalue weighted by Gasteiger charge is 1.77. The van der Waals surface area contributed by atoms with E-state index in [1.165, 1.54) is 0 Å². The van der Waals surface area contributed by atoms with Crippen LogP contribution in [-0.2, 0) is 9.09 Å². The van der Waals surface area contributed by atoms with Crippen LogP contribution in [0.2, 0.25) is 0 Å². The maximum atomic E-state index is 9.49. The third kappa shape index (κ3) is 43.1. The van der Waals surface area contributed by atoms with Gasteiger partial charge in [-0.3, -0.25) is 5.50 Å². The van der Waals surface area contributed by atoms with Crippen molar-refractivity contribution in [3.8, 4) is 0 Å². The summed E-state index contributed by atoms with van der Waals surface area (Å²) in [4.78, 5) is 22.7. The predicted octanol–water partition coefficient (Wildman–Crippen LogP) is -0.315. The first-order valence-corrected chi connectivity index (χ1v) is 4.51. The number of hydrogen-bond donors (Lipinski definition) is 4. The van der Waals surface area contributed by atoms with E-state index in [0.717, 1.165) is 6.26 Å². The van der Waals surface area contributed by atoms with Gasteiger partial charge in [0.15, 0.2) is 0 Å². The average Bonchev–Trinajstić information content (AvgIpc) is 1.62. The maximum absolute atomic E-state index is 9.49. The van der Waals surface area contributed by atoms with Crippen LogP contribution in [0.5, 0.6) is 0 Å². The molecular formula is C2H9NO5P2. The summed E-state index contributed by atoms with van der Waals surface area (Å²) in [6.45, 7) is 3.04. The Bertz CT molecular complexity index is 103. The molecule has 0 aliphatic heterocycles. The zero-order valence-electron chi connectivity index (χ0n) is 4.97. The van der Waals surface area contributed by atoms with Crippen molar-refractivity contribution in [1.82, 2.24) is 0 Å². The van der Waals surface area contributed by atoms with E-state index in [4.69, 9.17) is 14.7 Å². The van der Waals surface area contributed by atoms with Gasteiger partial charge in [0, 0.05) is 0 Å². The molecule has 0 saturated carbocycles. The Labute approximate surface area is 59.9 Å². The Morgan fingerprint density at radius 3 is 2.00 bits per heavy atom. The standard InChI is InChI=1S/C2H5O3P.H4NO2P/c1-2-5-6(3)4;1-4(2)3/h2,6H,1H2,(H,3,4);2-3H,1H2. The van der Waals surface area contributed by atoms with Gasteiger partial charge in [-0.1, -0.05) is 6.58 Å². The Hall–Kier alpha value is 0.0400. The average molecular weight is 189 g/mol. The van der Waals surface area contributed by atoms with Gasteiger partial charge in [-0.25, -0.2) is 4.57 Å². The van der Waals surface area contributed by atoms with Gasteiger partial charge in [-0.2, -0.15) is 0 Å². The molecule has 5 N–H and O–H groups in total. The lowest BCUT2D eigenvalue weighted by Gasteiger charge is -1.84. The molecule has 6 nitrogen and oxygen atoms in total. The molecule has 0 rings (SSSR count). The SMILES string of the molecule is C=CO[PH](=O)O.NP(O)O. The smallest absolute Gasteiger partial charge is 0.364 e. The Kier molecular flexibility index (Phi) is 11.5. The lowest BCUT2D eigenvalue weighted by Crippen LogP contribution is -1.78. The molecule has 1 atom stereocenters. The molecule has 0 aliphatic rings. The van der Waals surface area contributed by atoms with Crippen LogP contribution in [0.25, 0.3) is 0 Å². The van der Waals surface area contributed by atoms with Gasteiger partial charge < -0.3 is 19.2 Å². The van der Waals surface area contributed by atoms with E-state index in [0.29, 0.717) is 0 Å². The maximum Gasteiger partial charge on any atom is 0.364 e. The van der Waals surface area contributed by atoms with Crippen molar-refractivity contribution >= 4 is 16.8 Å². The van der Waals surface area contributed by atoms with E-state index in [9.17, 15) is 4.57 Å². The zero-order valence-corrected chi connectivity index (χ0v) is 6.86. The molecule has 0 aliphatic carbocycles. The summed E-state index contributed by atoms with van der Waals surface area (Å²) in [5, 5.41) is 0. The number of rotatable bonds is 2. The molecule has 1 unspecified atom stereocenters. The normalized spacial score (nSPS) is 11.3. The highest BCUT2D eigenvalue weighted by molar-refractivity contribution is 7.42. The summed E-state index contributed by atoms with van der Waals surface area (Å²) < 4.78 is 13.4. The number of nitrogens with two attached hydrogens (primary N) is 1. The van der Waals surface area contributed by atoms with Gasteiger partial charge in [0.1, 0.15) is 0 Å². The molecular weight excluding hydrogens is 180 g/mol. The molecule has 0 aromatic carbocycles. The minimum atomic E-state index is -2.75. The second-order valence-corrected chi connectivity index (χ2v) is 2.28. The molecule has 0 aromatic rings. The van der Waals surface area contributed by atoms with Crippen LogP contribution in [0.3, 0.4) is 0 Å². The Morgan fingerprint density at radius 2 is 2.00 bits per heavy atom. The Morgan fingerprint density at radius 1 is 1.70 bits per heavy atom. The van der Waals surface area contributed by atoms with Gasteiger partial charge in [-0.15, -0.1) is 0 Å². The summed E-state index contributed by atoms with van der Waals surface area (Å²) in [5.41, 5.74) is 4.29. The molecule has 0 aromatic heterocycles. The minimum Gasteiger partial charge on any atom is -0.435 e. The monoisotopic (exact) mass is 189 g/mol. The second kappa shape index (κ2) is 9.04. The summed E-state index contributed by atoms with van der Waals surface area (Å²) in [6.07, 6.45) is 0.932. The van der Waals surface area contributed by atoms with Gasteiger partial charge in [0.2, 0.25) is 8.53 Å².